The molecule has 0 spiro atoms. The van der Waals surface area contributed by atoms with E-state index in [9.17, 15) is 13.2 Å². The van der Waals surface area contributed by atoms with Crippen LogP contribution in [0.5, 0.6) is 11.5 Å². The Morgan fingerprint density at radius 2 is 1.80 bits per heavy atom. The molecule has 10 heteroatoms. The average Bonchev–Trinajstić information content (AvgIpc) is 3.23. The Labute approximate surface area is 186 Å². The van der Waals surface area contributed by atoms with E-state index in [1.165, 1.54) is 38.3 Å². The van der Waals surface area contributed by atoms with Crippen LogP contribution in [0.2, 0.25) is 5.02 Å². The monoisotopic (exact) mass is 468 g/mol. The summed E-state index contributed by atoms with van der Waals surface area (Å²) in [6.45, 7) is 3.11. The second kappa shape index (κ2) is 9.20. The van der Waals surface area contributed by atoms with Crippen LogP contribution in [-0.4, -0.2) is 44.4 Å². The van der Waals surface area contributed by atoms with Crippen LogP contribution in [-0.2, 0) is 14.9 Å². The van der Waals surface area contributed by atoms with Gasteiger partial charge in [0, 0.05) is 31.3 Å². The van der Waals surface area contributed by atoms with Crippen molar-refractivity contribution in [3.8, 4) is 11.5 Å². The van der Waals surface area contributed by atoms with E-state index in [1.807, 2.05) is 0 Å². The number of methoxy groups -OCH3 is 1. The van der Waals surface area contributed by atoms with E-state index in [0.29, 0.717) is 16.2 Å². The summed E-state index contributed by atoms with van der Waals surface area (Å²) >= 11 is 11.9. The molecular formula is C20H21ClN2O5S2. The van der Waals surface area contributed by atoms with Gasteiger partial charge in [-0.3, -0.25) is 4.79 Å². The standard InChI is InChI=1S/C20H21ClN2O5S2/c1-13(24)22-15-5-7-16(8-6-15)30(25,26)28-19-17(21)11-14(12-18(19)27-2)20(29)23-9-3-4-10-23/h5-8,11-12H,3-4,9-10H2,1-2H3,(H,22,24). The maximum Gasteiger partial charge on any atom is 0.339 e. The van der Waals surface area contributed by atoms with Crippen molar-refractivity contribution in [3.05, 3.63) is 47.0 Å². The van der Waals surface area contributed by atoms with Gasteiger partial charge < -0.3 is 19.1 Å². The summed E-state index contributed by atoms with van der Waals surface area (Å²) in [6.07, 6.45) is 2.15. The van der Waals surface area contributed by atoms with E-state index in [4.69, 9.17) is 32.7 Å². The number of rotatable bonds is 6. The molecule has 160 valence electrons. The number of thiocarbonyl (C=S) groups is 1. The van der Waals surface area contributed by atoms with E-state index in [0.717, 1.165) is 25.9 Å². The van der Waals surface area contributed by atoms with Crippen LogP contribution in [0.4, 0.5) is 5.69 Å². The van der Waals surface area contributed by atoms with Crippen molar-refractivity contribution in [2.75, 3.05) is 25.5 Å². The van der Waals surface area contributed by atoms with Crippen LogP contribution in [0.15, 0.2) is 41.3 Å². The predicted molar refractivity (Wildman–Crippen MR) is 119 cm³/mol. The summed E-state index contributed by atoms with van der Waals surface area (Å²) in [5, 5.41) is 2.64. The van der Waals surface area contributed by atoms with E-state index in [-0.39, 0.29) is 27.3 Å². The number of halogens is 1. The molecule has 0 aromatic heterocycles. The Morgan fingerprint density at radius 1 is 1.17 bits per heavy atom. The van der Waals surface area contributed by atoms with Crippen molar-refractivity contribution in [3.63, 3.8) is 0 Å². The topological polar surface area (TPSA) is 84.9 Å². The summed E-state index contributed by atoms with van der Waals surface area (Å²) in [6, 6.07) is 8.80. The fourth-order valence-corrected chi connectivity index (χ4v) is 4.65. The lowest BCUT2D eigenvalue weighted by atomic mass is 10.2. The molecule has 1 aliphatic heterocycles. The first-order valence-electron chi connectivity index (χ1n) is 9.20. The van der Waals surface area contributed by atoms with Crippen molar-refractivity contribution in [2.24, 2.45) is 0 Å². The Kier molecular flexibility index (Phi) is 6.84. The lowest BCUT2D eigenvalue weighted by Crippen LogP contribution is -2.26. The Morgan fingerprint density at radius 3 is 2.37 bits per heavy atom. The van der Waals surface area contributed by atoms with Crippen LogP contribution in [0, 0.1) is 0 Å². The Bertz CT molecular complexity index is 1070. The molecule has 1 saturated heterocycles. The van der Waals surface area contributed by atoms with Gasteiger partial charge in [-0.05, 0) is 49.2 Å². The van der Waals surface area contributed by atoms with Crippen molar-refractivity contribution < 1.29 is 22.1 Å². The van der Waals surface area contributed by atoms with Gasteiger partial charge in [0.25, 0.3) is 0 Å². The van der Waals surface area contributed by atoms with Gasteiger partial charge in [0.1, 0.15) is 9.88 Å². The first-order chi connectivity index (χ1) is 14.2. The molecule has 0 aliphatic carbocycles. The van der Waals surface area contributed by atoms with Crippen LogP contribution in [0.3, 0.4) is 0 Å². The van der Waals surface area contributed by atoms with Crippen molar-refractivity contribution in [2.45, 2.75) is 24.7 Å². The fraction of sp³-hybridized carbons (Fsp3) is 0.300. The van der Waals surface area contributed by atoms with Crippen LogP contribution in [0.25, 0.3) is 0 Å². The van der Waals surface area contributed by atoms with Gasteiger partial charge in [0.2, 0.25) is 11.7 Å². The summed E-state index contributed by atoms with van der Waals surface area (Å²) in [7, 11) is -2.78. The molecule has 2 aromatic rings. The SMILES string of the molecule is COc1cc(C(=S)N2CCCC2)cc(Cl)c1OS(=O)(=O)c1ccc(NC(C)=O)cc1. The van der Waals surface area contributed by atoms with E-state index < -0.39 is 10.1 Å². The second-order valence-electron chi connectivity index (χ2n) is 6.73. The smallest absolute Gasteiger partial charge is 0.339 e. The zero-order valence-corrected chi connectivity index (χ0v) is 18.9. The number of nitrogens with zero attached hydrogens (tertiary/aromatic N) is 1. The van der Waals surface area contributed by atoms with E-state index >= 15 is 0 Å². The molecule has 3 rings (SSSR count). The lowest BCUT2D eigenvalue weighted by Gasteiger charge is -2.20. The number of nitrogens with one attached hydrogen (secondary N) is 1. The highest BCUT2D eigenvalue weighted by Crippen LogP contribution is 2.39. The lowest BCUT2D eigenvalue weighted by molar-refractivity contribution is -0.114. The van der Waals surface area contributed by atoms with Crippen molar-refractivity contribution in [1.82, 2.24) is 4.90 Å². The fourth-order valence-electron chi connectivity index (χ4n) is 3.09. The highest BCUT2D eigenvalue weighted by atomic mass is 35.5. The molecule has 7 nitrogen and oxygen atoms in total. The Hall–Kier alpha value is -2.36. The van der Waals surface area contributed by atoms with Gasteiger partial charge in [0.05, 0.1) is 12.1 Å². The summed E-state index contributed by atoms with van der Waals surface area (Å²) in [5.74, 6) is -0.208. The largest absolute Gasteiger partial charge is 0.493 e. The molecule has 0 bridgehead atoms. The number of amides is 1. The highest BCUT2D eigenvalue weighted by molar-refractivity contribution is 7.87. The minimum absolute atomic E-state index is 0.0735. The van der Waals surface area contributed by atoms with E-state index in [1.54, 1.807) is 12.1 Å². The molecule has 0 radical (unpaired) electrons. The summed E-state index contributed by atoms with van der Waals surface area (Å²) in [4.78, 5) is 13.7. The average molecular weight is 469 g/mol. The molecule has 1 fully saturated rings. The normalized spacial score (nSPS) is 13.8. The number of carbonyl (C=O) groups is 1. The zero-order chi connectivity index (χ0) is 21.9. The summed E-state index contributed by atoms with van der Waals surface area (Å²) in [5.41, 5.74) is 1.13. The first-order valence-corrected chi connectivity index (χ1v) is 11.4. The second-order valence-corrected chi connectivity index (χ2v) is 9.07. The van der Waals surface area contributed by atoms with Gasteiger partial charge >= 0.3 is 10.1 Å². The van der Waals surface area contributed by atoms with Gasteiger partial charge in [-0.15, -0.1) is 0 Å². The molecule has 1 heterocycles. The molecular weight excluding hydrogens is 448 g/mol. The predicted octanol–water partition coefficient (Wildman–Crippen LogP) is 3.85. The number of hydrogen-bond donors (Lipinski definition) is 1. The molecule has 2 aromatic carbocycles. The van der Waals surface area contributed by atoms with Gasteiger partial charge in [-0.25, -0.2) is 0 Å². The number of ether oxygens (including phenoxy) is 1. The number of anilines is 1. The Balaban J connectivity index is 1.87. The van der Waals surface area contributed by atoms with Gasteiger partial charge in [-0.1, -0.05) is 23.8 Å². The molecule has 1 N–H and O–H groups in total. The van der Waals surface area contributed by atoms with Gasteiger partial charge in [0.15, 0.2) is 5.75 Å². The van der Waals surface area contributed by atoms with E-state index in [2.05, 4.69) is 10.2 Å². The van der Waals surface area contributed by atoms with Crippen LogP contribution < -0.4 is 14.2 Å². The highest BCUT2D eigenvalue weighted by Gasteiger charge is 2.24. The van der Waals surface area contributed by atoms with Crippen LogP contribution >= 0.6 is 23.8 Å². The molecule has 0 atom stereocenters. The van der Waals surface area contributed by atoms with Crippen molar-refractivity contribution >= 4 is 50.5 Å². The number of likely N-dealkylation sites (tertiary alicyclic amines) is 1. The molecule has 30 heavy (non-hydrogen) atoms. The quantitative estimate of drug-likeness (QED) is 0.509. The zero-order valence-electron chi connectivity index (χ0n) is 16.5. The maximum atomic E-state index is 12.7. The molecule has 1 amide bonds. The molecule has 1 aliphatic rings. The maximum absolute atomic E-state index is 12.7. The molecule has 0 unspecified atom stereocenters. The molecule has 0 saturated carbocycles. The minimum Gasteiger partial charge on any atom is -0.493 e. The number of carbonyl (C=O) groups excluding carboxylic acids is 1. The first kappa shape index (κ1) is 22.3. The third-order valence-corrected chi connectivity index (χ3v) is 6.54. The third-order valence-electron chi connectivity index (χ3n) is 4.53. The van der Waals surface area contributed by atoms with Gasteiger partial charge in [-0.2, -0.15) is 8.42 Å². The number of benzene rings is 2. The minimum atomic E-state index is -4.18. The van der Waals surface area contributed by atoms with Crippen LogP contribution in [0.1, 0.15) is 25.3 Å². The number of hydrogen-bond acceptors (Lipinski definition) is 6. The summed E-state index contributed by atoms with van der Waals surface area (Å²) < 4.78 is 36.1. The van der Waals surface area contributed by atoms with Crippen molar-refractivity contribution in [1.29, 1.82) is 0 Å². The third kappa shape index (κ3) is 5.03.